The lowest BCUT2D eigenvalue weighted by atomic mass is 10.2. The number of hydrogen-bond acceptors (Lipinski definition) is 2. The fourth-order valence-electron chi connectivity index (χ4n) is 1.63. The lowest BCUT2D eigenvalue weighted by Crippen LogP contribution is -2.31. The summed E-state index contributed by atoms with van der Waals surface area (Å²) in [5.74, 6) is 0.744. The minimum atomic E-state index is -0.0532. The molecule has 1 unspecified atom stereocenters. The number of ether oxygens (including phenoxy) is 1. The third-order valence-corrected chi connectivity index (χ3v) is 2.48. The second kappa shape index (κ2) is 6.64. The van der Waals surface area contributed by atoms with Crippen molar-refractivity contribution >= 4 is 17.5 Å². The first-order valence-corrected chi connectivity index (χ1v) is 6.50. The number of carbonyl (C=O) groups excluding carboxylic acids is 1. The highest BCUT2D eigenvalue weighted by molar-refractivity contribution is 6.20. The molecule has 4 heteroatoms. The molecule has 1 rings (SSSR count). The van der Waals surface area contributed by atoms with Crippen molar-refractivity contribution in [2.75, 3.05) is 13.6 Å². The Labute approximate surface area is 114 Å². The Morgan fingerprint density at radius 3 is 2.28 bits per heavy atom. The summed E-state index contributed by atoms with van der Waals surface area (Å²) >= 11 is 5.87. The van der Waals surface area contributed by atoms with Crippen LogP contribution in [0.15, 0.2) is 24.3 Å². The maximum absolute atomic E-state index is 12.0. The number of carbonyl (C=O) groups is 1. The summed E-state index contributed by atoms with van der Waals surface area (Å²) in [6.07, 6.45) is 0.131. The van der Waals surface area contributed by atoms with E-state index in [2.05, 4.69) is 0 Å². The average molecular weight is 270 g/mol. The molecule has 1 aromatic rings. The van der Waals surface area contributed by atoms with Crippen LogP contribution in [-0.2, 0) is 0 Å². The summed E-state index contributed by atoms with van der Waals surface area (Å²) < 4.78 is 5.53. The molecular formula is C14H20ClNO2. The van der Waals surface area contributed by atoms with Gasteiger partial charge in [-0.2, -0.15) is 0 Å². The van der Waals surface area contributed by atoms with Gasteiger partial charge in [0.25, 0.3) is 5.91 Å². The van der Waals surface area contributed by atoms with Gasteiger partial charge in [0.05, 0.1) is 6.10 Å². The Balaban J connectivity index is 2.69. The van der Waals surface area contributed by atoms with Crippen molar-refractivity contribution in [1.82, 2.24) is 4.90 Å². The average Bonchev–Trinajstić information content (AvgIpc) is 2.27. The minimum absolute atomic E-state index is 0.0291. The van der Waals surface area contributed by atoms with E-state index in [1.165, 1.54) is 0 Å². The second-order valence-corrected chi connectivity index (χ2v) is 5.40. The maximum atomic E-state index is 12.0. The summed E-state index contributed by atoms with van der Waals surface area (Å²) in [6, 6.07) is 7.17. The van der Waals surface area contributed by atoms with E-state index in [4.69, 9.17) is 16.3 Å². The third-order valence-electron chi connectivity index (χ3n) is 2.35. The first kappa shape index (κ1) is 14.8. The van der Waals surface area contributed by atoms with Crippen LogP contribution in [0.3, 0.4) is 0 Å². The van der Waals surface area contributed by atoms with Gasteiger partial charge in [0.2, 0.25) is 0 Å². The zero-order chi connectivity index (χ0) is 13.7. The Bertz CT molecular complexity index is 387. The Morgan fingerprint density at radius 1 is 1.28 bits per heavy atom. The van der Waals surface area contributed by atoms with Gasteiger partial charge in [-0.15, -0.1) is 11.6 Å². The van der Waals surface area contributed by atoms with Crippen LogP contribution in [0.1, 0.15) is 31.1 Å². The highest BCUT2D eigenvalue weighted by Crippen LogP contribution is 2.15. The summed E-state index contributed by atoms with van der Waals surface area (Å²) in [4.78, 5) is 13.7. The minimum Gasteiger partial charge on any atom is -0.491 e. The second-order valence-electron chi connectivity index (χ2n) is 4.66. The van der Waals surface area contributed by atoms with Crippen molar-refractivity contribution in [3.8, 4) is 5.75 Å². The van der Waals surface area contributed by atoms with E-state index in [0.29, 0.717) is 12.1 Å². The summed E-state index contributed by atoms with van der Waals surface area (Å²) in [6.45, 7) is 6.33. The molecule has 0 spiro atoms. The zero-order valence-electron chi connectivity index (χ0n) is 11.3. The van der Waals surface area contributed by atoms with Crippen LogP contribution in [0.25, 0.3) is 0 Å². The molecule has 1 amide bonds. The molecule has 0 N–H and O–H groups in total. The lowest BCUT2D eigenvalue weighted by molar-refractivity contribution is 0.0796. The molecule has 0 saturated carbocycles. The normalized spacial score (nSPS) is 12.3. The molecule has 0 aliphatic rings. The van der Waals surface area contributed by atoms with Gasteiger partial charge in [-0.25, -0.2) is 0 Å². The lowest BCUT2D eigenvalue weighted by Gasteiger charge is -2.18. The van der Waals surface area contributed by atoms with Crippen molar-refractivity contribution in [2.45, 2.75) is 32.3 Å². The van der Waals surface area contributed by atoms with E-state index < -0.39 is 0 Å². The molecule has 0 radical (unpaired) electrons. The number of alkyl halides is 1. The summed E-state index contributed by atoms with van der Waals surface area (Å²) in [7, 11) is 1.75. The number of hydrogen-bond donors (Lipinski definition) is 0. The molecule has 0 bridgehead atoms. The number of benzene rings is 1. The van der Waals surface area contributed by atoms with E-state index >= 15 is 0 Å². The zero-order valence-corrected chi connectivity index (χ0v) is 12.1. The fraction of sp³-hybridized carbons (Fsp3) is 0.500. The molecule has 100 valence electrons. The highest BCUT2D eigenvalue weighted by Gasteiger charge is 2.13. The molecule has 0 saturated heterocycles. The van der Waals surface area contributed by atoms with Crippen LogP contribution < -0.4 is 4.74 Å². The topological polar surface area (TPSA) is 29.5 Å². The van der Waals surface area contributed by atoms with Crippen LogP contribution in [0, 0.1) is 0 Å². The first-order chi connectivity index (χ1) is 8.40. The number of rotatable bonds is 5. The quantitative estimate of drug-likeness (QED) is 0.769. The predicted molar refractivity (Wildman–Crippen MR) is 74.5 cm³/mol. The van der Waals surface area contributed by atoms with Gasteiger partial charge in [-0.05, 0) is 45.0 Å². The van der Waals surface area contributed by atoms with Crippen molar-refractivity contribution in [3.63, 3.8) is 0 Å². The molecule has 0 aliphatic carbocycles. The van der Waals surface area contributed by atoms with Crippen molar-refractivity contribution in [2.24, 2.45) is 0 Å². The van der Waals surface area contributed by atoms with Gasteiger partial charge >= 0.3 is 0 Å². The Kier molecular flexibility index (Phi) is 5.48. The number of halogens is 1. The van der Waals surface area contributed by atoms with Gasteiger partial charge in [0.1, 0.15) is 5.75 Å². The van der Waals surface area contributed by atoms with Crippen molar-refractivity contribution in [1.29, 1.82) is 0 Å². The Morgan fingerprint density at radius 2 is 1.83 bits per heavy atom. The van der Waals surface area contributed by atoms with Crippen molar-refractivity contribution in [3.05, 3.63) is 29.8 Å². The standard InChI is InChI=1S/C14H20ClNO2/c1-10(2)18-13-7-5-12(6-8-13)14(17)16(4)9-11(3)15/h5-8,10-11H,9H2,1-4H3. The van der Waals surface area contributed by atoms with Crippen LogP contribution in [-0.4, -0.2) is 35.9 Å². The first-order valence-electron chi connectivity index (χ1n) is 6.06. The molecule has 0 aliphatic heterocycles. The maximum Gasteiger partial charge on any atom is 0.253 e. The molecular weight excluding hydrogens is 250 g/mol. The van der Waals surface area contributed by atoms with Crippen LogP contribution in [0.5, 0.6) is 5.75 Å². The third kappa shape index (κ3) is 4.57. The van der Waals surface area contributed by atoms with Gasteiger partial charge in [-0.1, -0.05) is 0 Å². The SMILES string of the molecule is CC(Cl)CN(C)C(=O)c1ccc(OC(C)C)cc1. The van der Waals surface area contributed by atoms with Gasteiger partial charge < -0.3 is 9.64 Å². The molecule has 0 heterocycles. The van der Waals surface area contributed by atoms with Gasteiger partial charge in [0.15, 0.2) is 0 Å². The van der Waals surface area contributed by atoms with Gasteiger partial charge in [-0.3, -0.25) is 4.79 Å². The van der Waals surface area contributed by atoms with Crippen LogP contribution in [0.4, 0.5) is 0 Å². The molecule has 1 aromatic carbocycles. The molecule has 18 heavy (non-hydrogen) atoms. The summed E-state index contributed by atoms with van der Waals surface area (Å²) in [5, 5.41) is -0.0532. The number of nitrogens with zero attached hydrogens (tertiary/aromatic N) is 1. The molecule has 0 fully saturated rings. The summed E-state index contributed by atoms with van der Waals surface area (Å²) in [5.41, 5.74) is 0.644. The van der Waals surface area contributed by atoms with Crippen LogP contribution >= 0.6 is 11.6 Å². The van der Waals surface area contributed by atoms with Gasteiger partial charge in [0, 0.05) is 24.5 Å². The molecule has 1 atom stereocenters. The molecule has 3 nitrogen and oxygen atoms in total. The van der Waals surface area contributed by atoms with E-state index in [1.807, 2.05) is 32.9 Å². The Hall–Kier alpha value is -1.22. The van der Waals surface area contributed by atoms with E-state index in [9.17, 15) is 4.79 Å². The van der Waals surface area contributed by atoms with E-state index in [0.717, 1.165) is 5.75 Å². The van der Waals surface area contributed by atoms with E-state index in [-0.39, 0.29) is 17.4 Å². The highest BCUT2D eigenvalue weighted by atomic mass is 35.5. The monoisotopic (exact) mass is 269 g/mol. The van der Waals surface area contributed by atoms with E-state index in [1.54, 1.807) is 24.1 Å². The van der Waals surface area contributed by atoms with Crippen molar-refractivity contribution < 1.29 is 9.53 Å². The van der Waals surface area contributed by atoms with Crippen LogP contribution in [0.2, 0.25) is 0 Å². The molecule has 0 aromatic heterocycles. The predicted octanol–water partition coefficient (Wildman–Crippen LogP) is 3.17. The fourth-order valence-corrected chi connectivity index (χ4v) is 1.84. The number of amides is 1. The largest absolute Gasteiger partial charge is 0.491 e. The smallest absolute Gasteiger partial charge is 0.253 e.